The molecule has 1 atom stereocenters. The number of nitrogens with two attached hydrogens (primary N) is 1. The van der Waals surface area contributed by atoms with Gasteiger partial charge in [0.25, 0.3) is 0 Å². The summed E-state index contributed by atoms with van der Waals surface area (Å²) >= 11 is 0. The second-order valence-corrected chi connectivity index (χ2v) is 6.78. The summed E-state index contributed by atoms with van der Waals surface area (Å²) in [7, 11) is 0. The normalized spacial score (nSPS) is 12.7. The van der Waals surface area contributed by atoms with Gasteiger partial charge in [-0.15, -0.1) is 0 Å². The SMILES string of the molecule is CCCCCCCCCCCCCCCC[NH+]([O-])CCCN. The molecule has 0 spiro atoms. The predicted octanol–water partition coefficient (Wildman–Crippen LogP) is 4.20. The fourth-order valence-corrected chi connectivity index (χ4v) is 2.94. The second kappa shape index (κ2) is 18.9. The first-order valence-corrected chi connectivity index (χ1v) is 10.0. The van der Waals surface area contributed by atoms with Gasteiger partial charge in [-0.05, 0) is 19.4 Å². The Balaban J connectivity index is 3.02. The first-order valence-electron chi connectivity index (χ1n) is 10.0. The summed E-state index contributed by atoms with van der Waals surface area (Å²) in [6, 6.07) is 0. The van der Waals surface area contributed by atoms with E-state index in [0.29, 0.717) is 18.2 Å². The Labute approximate surface area is 139 Å². The molecule has 1 unspecified atom stereocenters. The van der Waals surface area contributed by atoms with Crippen LogP contribution in [-0.2, 0) is 0 Å². The molecule has 0 bridgehead atoms. The highest BCUT2D eigenvalue weighted by atomic mass is 16.5. The molecule has 0 aromatic rings. The highest BCUT2D eigenvalue weighted by Gasteiger charge is 1.97. The second-order valence-electron chi connectivity index (χ2n) is 6.78. The number of hydrogen-bond donors (Lipinski definition) is 2. The summed E-state index contributed by atoms with van der Waals surface area (Å²) in [6.07, 6.45) is 20.0. The van der Waals surface area contributed by atoms with Crippen LogP contribution in [0.25, 0.3) is 0 Å². The molecule has 0 radical (unpaired) electrons. The molecule has 0 saturated heterocycles. The van der Waals surface area contributed by atoms with E-state index in [-0.39, 0.29) is 0 Å². The third-order valence-corrected chi connectivity index (χ3v) is 4.47. The number of hydroxylamine groups is 2. The minimum atomic E-state index is 0.407. The Bertz CT molecular complexity index is 200. The monoisotopic (exact) mass is 314 g/mol. The van der Waals surface area contributed by atoms with Gasteiger partial charge in [-0.2, -0.15) is 0 Å². The number of quaternary nitrogens is 1. The van der Waals surface area contributed by atoms with Crippen LogP contribution in [0.2, 0.25) is 0 Å². The summed E-state index contributed by atoms with van der Waals surface area (Å²) in [5, 5.41) is 11.9. The van der Waals surface area contributed by atoms with Crippen molar-refractivity contribution >= 4 is 0 Å². The highest BCUT2D eigenvalue weighted by molar-refractivity contribution is 4.49. The molecule has 0 aliphatic rings. The van der Waals surface area contributed by atoms with E-state index in [4.69, 9.17) is 5.73 Å². The van der Waals surface area contributed by atoms with E-state index in [9.17, 15) is 5.21 Å². The Morgan fingerprint density at radius 2 is 0.955 bits per heavy atom. The maximum Gasteiger partial charge on any atom is 0.0780 e. The molecule has 0 amide bonds. The van der Waals surface area contributed by atoms with E-state index < -0.39 is 0 Å². The van der Waals surface area contributed by atoms with Crippen molar-refractivity contribution in [3.8, 4) is 0 Å². The van der Waals surface area contributed by atoms with Crippen LogP contribution >= 0.6 is 0 Å². The third kappa shape index (κ3) is 17.9. The maximum absolute atomic E-state index is 11.5. The smallest absolute Gasteiger partial charge is 0.0780 e. The van der Waals surface area contributed by atoms with Gasteiger partial charge in [-0.25, -0.2) is 0 Å². The summed E-state index contributed by atoms with van der Waals surface area (Å²) in [5.41, 5.74) is 5.40. The van der Waals surface area contributed by atoms with Crippen molar-refractivity contribution in [2.75, 3.05) is 19.6 Å². The first kappa shape index (κ1) is 21.9. The van der Waals surface area contributed by atoms with Crippen LogP contribution in [0.5, 0.6) is 0 Å². The molecule has 3 heteroatoms. The predicted molar refractivity (Wildman–Crippen MR) is 98.0 cm³/mol. The van der Waals surface area contributed by atoms with Crippen molar-refractivity contribution in [3.63, 3.8) is 0 Å². The molecule has 0 aliphatic carbocycles. The lowest BCUT2D eigenvalue weighted by atomic mass is 10.0. The Hall–Kier alpha value is -0.120. The Morgan fingerprint density at radius 1 is 0.591 bits per heavy atom. The Kier molecular flexibility index (Phi) is 18.8. The van der Waals surface area contributed by atoms with Crippen LogP contribution in [-0.4, -0.2) is 19.6 Å². The number of unbranched alkanes of at least 4 members (excludes halogenated alkanes) is 13. The molecule has 0 aromatic carbocycles. The van der Waals surface area contributed by atoms with Crippen molar-refractivity contribution < 1.29 is 5.06 Å². The minimum absolute atomic E-state index is 0.407. The molecule has 3 nitrogen and oxygen atoms in total. The van der Waals surface area contributed by atoms with Crippen molar-refractivity contribution in [1.82, 2.24) is 0 Å². The summed E-state index contributed by atoms with van der Waals surface area (Å²) in [6.45, 7) is 4.39. The van der Waals surface area contributed by atoms with Crippen LogP contribution in [0.3, 0.4) is 0 Å². The lowest BCUT2D eigenvalue weighted by molar-refractivity contribution is -0.848. The van der Waals surface area contributed by atoms with E-state index in [1.807, 2.05) is 0 Å². The molecule has 0 aromatic heterocycles. The number of hydrogen-bond acceptors (Lipinski definition) is 2. The molecule has 0 heterocycles. The van der Waals surface area contributed by atoms with Crippen molar-refractivity contribution in [3.05, 3.63) is 5.21 Å². The maximum atomic E-state index is 11.5. The molecule has 0 rings (SSSR count). The molecular formula is C19H42N2O. The van der Waals surface area contributed by atoms with E-state index >= 15 is 0 Å². The van der Waals surface area contributed by atoms with Crippen LogP contribution in [0.15, 0.2) is 0 Å². The van der Waals surface area contributed by atoms with Gasteiger partial charge in [0.1, 0.15) is 0 Å². The zero-order chi connectivity index (χ0) is 16.3. The van der Waals surface area contributed by atoms with Gasteiger partial charge in [0, 0.05) is 6.42 Å². The van der Waals surface area contributed by atoms with Gasteiger partial charge in [-0.3, -0.25) is 0 Å². The van der Waals surface area contributed by atoms with Gasteiger partial charge in [0.2, 0.25) is 0 Å². The molecule has 0 aliphatic heterocycles. The molecular weight excluding hydrogens is 272 g/mol. The van der Waals surface area contributed by atoms with Crippen LogP contribution in [0.1, 0.15) is 103 Å². The lowest BCUT2D eigenvalue weighted by Crippen LogP contribution is -3.07. The van der Waals surface area contributed by atoms with Crippen molar-refractivity contribution in [2.45, 2.75) is 103 Å². The van der Waals surface area contributed by atoms with Gasteiger partial charge in [0.15, 0.2) is 0 Å². The van der Waals surface area contributed by atoms with E-state index in [2.05, 4.69) is 6.92 Å². The molecule has 3 N–H and O–H groups in total. The lowest BCUT2D eigenvalue weighted by Gasteiger charge is -2.21. The highest BCUT2D eigenvalue weighted by Crippen LogP contribution is 2.12. The standard InChI is InChI=1S/C19H42N2O/c1-2-3-4-5-6-7-8-9-10-11-12-13-14-15-18-21(22)19-16-17-20/h21H,2-20H2,1H3. The van der Waals surface area contributed by atoms with E-state index in [1.54, 1.807) is 0 Å². The zero-order valence-electron chi connectivity index (χ0n) is 15.2. The third-order valence-electron chi connectivity index (χ3n) is 4.47. The number of nitrogens with one attached hydrogen (secondary N) is 1. The number of rotatable bonds is 18. The average Bonchev–Trinajstić information content (AvgIpc) is 2.53. The van der Waals surface area contributed by atoms with E-state index in [0.717, 1.165) is 19.4 Å². The summed E-state index contributed by atoms with van der Waals surface area (Å²) < 4.78 is 0. The van der Waals surface area contributed by atoms with Gasteiger partial charge in [0.05, 0.1) is 13.1 Å². The van der Waals surface area contributed by atoms with Crippen LogP contribution in [0.4, 0.5) is 0 Å². The quantitative estimate of drug-likeness (QED) is 0.294. The van der Waals surface area contributed by atoms with Crippen molar-refractivity contribution in [1.29, 1.82) is 0 Å². The molecule has 0 fully saturated rings. The Morgan fingerprint density at radius 3 is 1.36 bits per heavy atom. The average molecular weight is 315 g/mol. The summed E-state index contributed by atoms with van der Waals surface area (Å²) in [4.78, 5) is 0. The van der Waals surface area contributed by atoms with E-state index in [1.165, 1.54) is 83.5 Å². The van der Waals surface area contributed by atoms with Crippen molar-refractivity contribution in [2.24, 2.45) is 5.73 Å². The molecule has 22 heavy (non-hydrogen) atoms. The molecule has 0 saturated carbocycles. The van der Waals surface area contributed by atoms with Gasteiger partial charge < -0.3 is 16.0 Å². The molecule has 134 valence electrons. The first-order chi connectivity index (χ1) is 10.8. The largest absolute Gasteiger partial charge is 0.634 e. The van der Waals surface area contributed by atoms with Gasteiger partial charge in [-0.1, -0.05) is 84.0 Å². The van der Waals surface area contributed by atoms with Gasteiger partial charge >= 0.3 is 0 Å². The fraction of sp³-hybridized carbons (Fsp3) is 1.00. The fourth-order valence-electron chi connectivity index (χ4n) is 2.94. The zero-order valence-corrected chi connectivity index (χ0v) is 15.2. The minimum Gasteiger partial charge on any atom is -0.634 e. The topological polar surface area (TPSA) is 53.5 Å². The van der Waals surface area contributed by atoms with Crippen LogP contribution < -0.4 is 10.8 Å². The van der Waals surface area contributed by atoms with Crippen LogP contribution in [0, 0.1) is 5.21 Å². The summed E-state index contributed by atoms with van der Waals surface area (Å²) in [5.74, 6) is 0.